The molecule has 130 valence electrons. The molecule has 0 atom stereocenters. The van der Waals surface area contributed by atoms with Crippen LogP contribution >= 0.6 is 46.0 Å². The highest BCUT2D eigenvalue weighted by Gasteiger charge is 2.16. The van der Waals surface area contributed by atoms with Gasteiger partial charge in [0, 0.05) is 5.56 Å². The lowest BCUT2D eigenvalue weighted by atomic mass is 10.2. The van der Waals surface area contributed by atoms with Gasteiger partial charge in [-0.25, -0.2) is 4.98 Å². The second kappa shape index (κ2) is 7.54. The van der Waals surface area contributed by atoms with Crippen LogP contribution in [0.25, 0.3) is 5.00 Å². The van der Waals surface area contributed by atoms with Crippen molar-refractivity contribution in [2.24, 2.45) is 0 Å². The van der Waals surface area contributed by atoms with Gasteiger partial charge in [0.1, 0.15) is 10.0 Å². The summed E-state index contributed by atoms with van der Waals surface area (Å²) in [6, 6.07) is 10.8. The van der Waals surface area contributed by atoms with Crippen LogP contribution in [0.4, 0.5) is 5.00 Å². The zero-order chi connectivity index (χ0) is 17.9. The van der Waals surface area contributed by atoms with E-state index in [9.17, 15) is 4.79 Å². The molecule has 26 heavy (non-hydrogen) atoms. The molecular weight excluding hydrogens is 412 g/mol. The minimum absolute atomic E-state index is 0.180. The van der Waals surface area contributed by atoms with Gasteiger partial charge in [0.25, 0.3) is 5.91 Å². The number of carbonyl (C=O) groups excluding carboxylic acids is 1. The lowest BCUT2D eigenvalue weighted by Crippen LogP contribution is -2.10. The van der Waals surface area contributed by atoms with Crippen LogP contribution in [0.15, 0.2) is 57.5 Å². The quantitative estimate of drug-likeness (QED) is 0.519. The minimum Gasteiger partial charge on any atom is -0.312 e. The van der Waals surface area contributed by atoms with Crippen molar-refractivity contribution in [3.63, 3.8) is 0 Å². The predicted molar refractivity (Wildman–Crippen MR) is 103 cm³/mol. The maximum Gasteiger partial charge on any atom is 0.256 e. The molecule has 7 nitrogen and oxygen atoms in total. The smallest absolute Gasteiger partial charge is 0.256 e. The second-order valence-electron chi connectivity index (χ2n) is 4.86. The van der Waals surface area contributed by atoms with E-state index in [1.807, 2.05) is 23.6 Å². The van der Waals surface area contributed by atoms with Gasteiger partial charge in [0.2, 0.25) is 5.16 Å². The van der Waals surface area contributed by atoms with Crippen molar-refractivity contribution in [3.8, 4) is 5.00 Å². The third-order valence-corrected chi connectivity index (χ3v) is 6.40. The summed E-state index contributed by atoms with van der Waals surface area (Å²) in [5.74, 6) is -0.180. The number of hydrogen-bond acceptors (Lipinski definition) is 8. The number of thiazole rings is 1. The normalized spacial score (nSPS) is 10.8. The molecule has 4 aromatic rings. The molecule has 0 spiro atoms. The van der Waals surface area contributed by atoms with Gasteiger partial charge in [-0.05, 0) is 45.8 Å². The van der Waals surface area contributed by atoms with Crippen molar-refractivity contribution < 1.29 is 4.79 Å². The van der Waals surface area contributed by atoms with Gasteiger partial charge in [0.15, 0.2) is 4.34 Å². The van der Waals surface area contributed by atoms with Crippen molar-refractivity contribution in [2.75, 3.05) is 5.32 Å². The number of nitrogens with zero attached hydrogens (tertiary/aromatic N) is 5. The fourth-order valence-electron chi connectivity index (χ4n) is 2.02. The first kappa shape index (κ1) is 17.2. The van der Waals surface area contributed by atoms with E-state index < -0.39 is 0 Å². The largest absolute Gasteiger partial charge is 0.312 e. The molecule has 0 saturated carbocycles. The van der Waals surface area contributed by atoms with Gasteiger partial charge < -0.3 is 5.32 Å². The van der Waals surface area contributed by atoms with Gasteiger partial charge in [-0.1, -0.05) is 41.1 Å². The Bertz CT molecular complexity index is 1040. The molecule has 0 saturated heterocycles. The monoisotopic (exact) mass is 420 g/mol. The zero-order valence-electron chi connectivity index (χ0n) is 12.9. The number of benzene rings is 1. The Hall–Kier alpha value is -2.27. The number of tetrazole rings is 1. The summed E-state index contributed by atoms with van der Waals surface area (Å²) in [4.78, 5) is 16.5. The number of halogens is 1. The van der Waals surface area contributed by atoms with Crippen LogP contribution in [-0.2, 0) is 0 Å². The number of nitrogens with one attached hydrogen (secondary N) is 1. The van der Waals surface area contributed by atoms with Gasteiger partial charge in [-0.15, -0.1) is 16.4 Å². The fourth-order valence-corrected chi connectivity index (χ4v) is 4.92. The number of rotatable bonds is 5. The molecule has 3 aromatic heterocycles. The highest BCUT2D eigenvalue weighted by atomic mass is 35.5. The molecule has 0 bridgehead atoms. The molecule has 3 heterocycles. The number of carbonyl (C=O) groups is 1. The second-order valence-corrected chi connectivity index (χ2v) is 8.41. The Morgan fingerprint density at radius 3 is 2.85 bits per heavy atom. The van der Waals surface area contributed by atoms with Crippen LogP contribution in [0.2, 0.25) is 5.02 Å². The minimum atomic E-state index is -0.180. The molecule has 0 aliphatic heterocycles. The predicted octanol–water partition coefficient (Wildman–Crippen LogP) is 4.24. The Kier molecular flexibility index (Phi) is 4.98. The molecule has 0 unspecified atom stereocenters. The van der Waals surface area contributed by atoms with Crippen LogP contribution in [0.5, 0.6) is 0 Å². The van der Waals surface area contributed by atoms with E-state index in [2.05, 4.69) is 25.8 Å². The first-order valence-corrected chi connectivity index (χ1v) is 10.1. The highest BCUT2D eigenvalue weighted by Crippen LogP contribution is 2.35. The summed E-state index contributed by atoms with van der Waals surface area (Å²) < 4.78 is 2.28. The third-order valence-electron chi connectivity index (χ3n) is 3.17. The van der Waals surface area contributed by atoms with Gasteiger partial charge in [-0.2, -0.15) is 4.68 Å². The van der Waals surface area contributed by atoms with E-state index in [1.165, 1.54) is 34.4 Å². The van der Waals surface area contributed by atoms with E-state index in [0.29, 0.717) is 25.1 Å². The summed E-state index contributed by atoms with van der Waals surface area (Å²) in [6.45, 7) is 0. The highest BCUT2D eigenvalue weighted by molar-refractivity contribution is 8.01. The molecule has 11 heteroatoms. The van der Waals surface area contributed by atoms with E-state index in [1.54, 1.807) is 29.1 Å². The Morgan fingerprint density at radius 1 is 1.23 bits per heavy atom. The number of hydrogen-bond donors (Lipinski definition) is 1. The third kappa shape index (κ3) is 3.63. The van der Waals surface area contributed by atoms with Gasteiger partial charge in [-0.3, -0.25) is 4.79 Å². The van der Waals surface area contributed by atoms with Crippen molar-refractivity contribution in [2.45, 2.75) is 9.50 Å². The van der Waals surface area contributed by atoms with Crippen LogP contribution in [0.3, 0.4) is 0 Å². The number of aromatic nitrogens is 5. The van der Waals surface area contributed by atoms with Crippen molar-refractivity contribution in [1.29, 1.82) is 0 Å². The van der Waals surface area contributed by atoms with Crippen LogP contribution in [0.1, 0.15) is 10.4 Å². The summed E-state index contributed by atoms with van der Waals surface area (Å²) >= 11 is 10.2. The van der Waals surface area contributed by atoms with Crippen molar-refractivity contribution >= 4 is 56.9 Å². The van der Waals surface area contributed by atoms with Gasteiger partial charge in [0.05, 0.1) is 11.2 Å². The molecule has 0 aliphatic rings. The maximum atomic E-state index is 12.2. The summed E-state index contributed by atoms with van der Waals surface area (Å²) in [6.07, 6.45) is 1.61. The van der Waals surface area contributed by atoms with Crippen molar-refractivity contribution in [1.82, 2.24) is 25.2 Å². The van der Waals surface area contributed by atoms with E-state index >= 15 is 0 Å². The fraction of sp³-hybridized carbons (Fsp3) is 0. The average Bonchev–Trinajstić information content (AvgIpc) is 3.38. The number of anilines is 1. The Balaban J connectivity index is 1.49. The molecule has 4 rings (SSSR count). The first-order chi connectivity index (χ1) is 12.7. The molecular formula is C15H9ClN6OS3. The van der Waals surface area contributed by atoms with Crippen molar-refractivity contribution in [3.05, 3.63) is 58.6 Å². The lowest BCUT2D eigenvalue weighted by Gasteiger charge is -2.01. The molecule has 1 aromatic carbocycles. The molecule has 1 N–H and O–H groups in total. The van der Waals surface area contributed by atoms with E-state index in [4.69, 9.17) is 11.6 Å². The maximum absolute atomic E-state index is 12.2. The van der Waals surface area contributed by atoms with Crippen LogP contribution in [-0.4, -0.2) is 31.1 Å². The zero-order valence-corrected chi connectivity index (χ0v) is 16.1. The SMILES string of the molecule is O=C(Nc1cnc(Sc2nnnn2-c2sccc2Cl)s1)c1ccccc1. The lowest BCUT2D eigenvalue weighted by molar-refractivity contribution is 0.102. The topological polar surface area (TPSA) is 85.6 Å². The molecule has 0 aliphatic carbocycles. The first-order valence-electron chi connectivity index (χ1n) is 7.22. The average molecular weight is 421 g/mol. The van der Waals surface area contributed by atoms with E-state index in [-0.39, 0.29) is 5.91 Å². The Labute approximate surface area is 165 Å². The molecule has 0 fully saturated rings. The number of thiophene rings is 1. The summed E-state index contributed by atoms with van der Waals surface area (Å²) in [5, 5.41) is 18.9. The number of amides is 1. The molecule has 1 amide bonds. The summed E-state index contributed by atoms with van der Waals surface area (Å²) in [7, 11) is 0. The van der Waals surface area contributed by atoms with Crippen LogP contribution in [0, 0.1) is 0 Å². The van der Waals surface area contributed by atoms with Gasteiger partial charge >= 0.3 is 0 Å². The van der Waals surface area contributed by atoms with Crippen LogP contribution < -0.4 is 5.32 Å². The standard InChI is InChI=1S/C15H9ClN6OS3/c16-10-6-7-24-13(10)22-14(19-20-21-22)26-15-17-8-11(25-15)18-12(23)9-4-2-1-3-5-9/h1-8H,(H,18,23). The Morgan fingerprint density at radius 2 is 2.08 bits per heavy atom. The van der Waals surface area contributed by atoms with E-state index in [0.717, 1.165) is 5.00 Å². The molecule has 0 radical (unpaired) electrons. The summed E-state index contributed by atoms with van der Waals surface area (Å²) in [5.41, 5.74) is 0.589.